The molecule has 4 nitrogen and oxygen atoms in total. The number of halogens is 2. The van der Waals surface area contributed by atoms with E-state index in [1.807, 2.05) is 25.1 Å². The number of hydrogen-bond donors (Lipinski definition) is 2. The third-order valence-electron chi connectivity index (χ3n) is 2.61. The standard InChI is InChI=1S/C12H18Br2N2O2S/c1-3-16-19(17,18)7-6-15-9(2)11-5-4-10(13)8-12(11)14/h4-5,8-9,15-16H,3,6-7H2,1-2H3. The maximum atomic E-state index is 11.5. The highest BCUT2D eigenvalue weighted by atomic mass is 79.9. The molecular formula is C12H18Br2N2O2S. The molecule has 0 bridgehead atoms. The second kappa shape index (κ2) is 7.73. The molecular weight excluding hydrogens is 396 g/mol. The van der Waals surface area contributed by atoms with Gasteiger partial charge in [0, 0.05) is 28.1 Å². The van der Waals surface area contributed by atoms with E-state index in [0.717, 1.165) is 14.5 Å². The molecule has 0 spiro atoms. The summed E-state index contributed by atoms with van der Waals surface area (Å²) < 4.78 is 27.5. The fourth-order valence-corrected chi connectivity index (χ4v) is 4.03. The largest absolute Gasteiger partial charge is 0.309 e. The lowest BCUT2D eigenvalue weighted by molar-refractivity contribution is 0.563. The second-order valence-corrected chi connectivity index (χ2v) is 7.85. The van der Waals surface area contributed by atoms with Crippen molar-refractivity contribution < 1.29 is 8.42 Å². The van der Waals surface area contributed by atoms with Crippen molar-refractivity contribution in [3.8, 4) is 0 Å². The van der Waals surface area contributed by atoms with Gasteiger partial charge in [-0.05, 0) is 24.6 Å². The minimum Gasteiger partial charge on any atom is -0.309 e. The summed E-state index contributed by atoms with van der Waals surface area (Å²) in [6.45, 7) is 4.62. The molecule has 0 aliphatic heterocycles. The second-order valence-electron chi connectivity index (χ2n) is 4.16. The fourth-order valence-electron chi connectivity index (χ4n) is 1.66. The smallest absolute Gasteiger partial charge is 0.212 e. The molecule has 108 valence electrons. The minimum absolute atomic E-state index is 0.0827. The van der Waals surface area contributed by atoms with Crippen LogP contribution >= 0.6 is 31.9 Å². The van der Waals surface area contributed by atoms with Crippen molar-refractivity contribution in [2.75, 3.05) is 18.8 Å². The quantitative estimate of drug-likeness (QED) is 0.722. The van der Waals surface area contributed by atoms with E-state index >= 15 is 0 Å². The van der Waals surface area contributed by atoms with Crippen LogP contribution in [-0.4, -0.2) is 27.3 Å². The lowest BCUT2D eigenvalue weighted by Gasteiger charge is -2.16. The predicted octanol–water partition coefficient (Wildman–Crippen LogP) is 2.80. The van der Waals surface area contributed by atoms with Gasteiger partial charge in [0.2, 0.25) is 10.0 Å². The first-order valence-electron chi connectivity index (χ1n) is 6.01. The van der Waals surface area contributed by atoms with Crippen molar-refractivity contribution in [3.63, 3.8) is 0 Å². The minimum atomic E-state index is -3.16. The van der Waals surface area contributed by atoms with Gasteiger partial charge in [0.25, 0.3) is 0 Å². The molecule has 1 unspecified atom stereocenters. The highest BCUT2D eigenvalue weighted by Gasteiger charge is 2.12. The lowest BCUT2D eigenvalue weighted by Crippen LogP contribution is -2.32. The van der Waals surface area contributed by atoms with E-state index in [9.17, 15) is 8.42 Å². The summed E-state index contributed by atoms with van der Waals surface area (Å²) in [5.41, 5.74) is 1.10. The third-order valence-corrected chi connectivity index (χ3v) is 5.26. The van der Waals surface area contributed by atoms with E-state index < -0.39 is 10.0 Å². The van der Waals surface area contributed by atoms with Gasteiger partial charge in [-0.25, -0.2) is 13.1 Å². The van der Waals surface area contributed by atoms with Crippen molar-refractivity contribution in [2.24, 2.45) is 0 Å². The normalized spacial score (nSPS) is 13.5. The highest BCUT2D eigenvalue weighted by molar-refractivity contribution is 9.11. The number of nitrogens with one attached hydrogen (secondary N) is 2. The predicted molar refractivity (Wildman–Crippen MR) is 85.7 cm³/mol. The molecule has 0 aliphatic carbocycles. The van der Waals surface area contributed by atoms with Crippen LogP contribution in [0.5, 0.6) is 0 Å². The molecule has 1 rings (SSSR count). The van der Waals surface area contributed by atoms with Crippen molar-refractivity contribution in [1.29, 1.82) is 0 Å². The van der Waals surface area contributed by atoms with Crippen LogP contribution in [0, 0.1) is 0 Å². The molecule has 2 N–H and O–H groups in total. The first-order valence-corrected chi connectivity index (χ1v) is 9.25. The van der Waals surface area contributed by atoms with Crippen LogP contribution < -0.4 is 10.0 Å². The van der Waals surface area contributed by atoms with Crippen LogP contribution in [0.25, 0.3) is 0 Å². The van der Waals surface area contributed by atoms with Gasteiger partial charge in [0.15, 0.2) is 0 Å². The summed E-state index contributed by atoms with van der Waals surface area (Å²) in [6, 6.07) is 6.03. The van der Waals surface area contributed by atoms with Gasteiger partial charge in [-0.3, -0.25) is 0 Å². The van der Waals surface area contributed by atoms with Crippen LogP contribution in [0.3, 0.4) is 0 Å². The Bertz CT molecular complexity index is 520. The van der Waals surface area contributed by atoms with E-state index in [-0.39, 0.29) is 11.8 Å². The Morgan fingerprint density at radius 1 is 1.32 bits per heavy atom. The topological polar surface area (TPSA) is 58.2 Å². The van der Waals surface area contributed by atoms with E-state index in [2.05, 4.69) is 41.9 Å². The monoisotopic (exact) mass is 412 g/mol. The molecule has 0 saturated carbocycles. The van der Waals surface area contributed by atoms with Crippen LogP contribution in [-0.2, 0) is 10.0 Å². The Labute approximate surface area is 131 Å². The molecule has 0 radical (unpaired) electrons. The van der Waals surface area contributed by atoms with Gasteiger partial charge < -0.3 is 5.32 Å². The van der Waals surface area contributed by atoms with Gasteiger partial charge >= 0.3 is 0 Å². The molecule has 0 fully saturated rings. The molecule has 0 aliphatic rings. The number of hydrogen-bond acceptors (Lipinski definition) is 3. The molecule has 0 aromatic heterocycles. The summed E-state index contributed by atoms with van der Waals surface area (Å²) in [5.74, 6) is 0.0827. The van der Waals surface area contributed by atoms with Gasteiger partial charge in [0.05, 0.1) is 5.75 Å². The number of rotatable bonds is 7. The fraction of sp³-hybridized carbons (Fsp3) is 0.500. The molecule has 1 aromatic carbocycles. The Hall–Kier alpha value is 0.0500. The van der Waals surface area contributed by atoms with Crippen molar-refractivity contribution in [3.05, 3.63) is 32.7 Å². The van der Waals surface area contributed by atoms with E-state index in [0.29, 0.717) is 13.1 Å². The van der Waals surface area contributed by atoms with E-state index in [1.165, 1.54) is 0 Å². The van der Waals surface area contributed by atoms with Crippen molar-refractivity contribution in [1.82, 2.24) is 10.0 Å². The summed E-state index contributed by atoms with van der Waals surface area (Å²) in [5, 5.41) is 3.21. The van der Waals surface area contributed by atoms with Gasteiger partial charge in [0.1, 0.15) is 0 Å². The Balaban J connectivity index is 2.54. The molecule has 0 saturated heterocycles. The van der Waals surface area contributed by atoms with Gasteiger partial charge in [-0.15, -0.1) is 0 Å². The molecule has 1 aromatic rings. The van der Waals surface area contributed by atoms with Crippen LogP contribution in [0.15, 0.2) is 27.1 Å². The molecule has 0 heterocycles. The number of sulfonamides is 1. The molecule has 19 heavy (non-hydrogen) atoms. The van der Waals surface area contributed by atoms with Crippen molar-refractivity contribution >= 4 is 41.9 Å². The Morgan fingerprint density at radius 3 is 2.58 bits per heavy atom. The third kappa shape index (κ3) is 5.91. The van der Waals surface area contributed by atoms with E-state index in [1.54, 1.807) is 6.92 Å². The van der Waals surface area contributed by atoms with E-state index in [4.69, 9.17) is 0 Å². The summed E-state index contributed by atoms with van der Waals surface area (Å²) in [6.07, 6.45) is 0. The Morgan fingerprint density at radius 2 is 2.00 bits per heavy atom. The molecule has 1 atom stereocenters. The average molecular weight is 414 g/mol. The average Bonchev–Trinajstić information content (AvgIpc) is 2.28. The number of benzene rings is 1. The maximum absolute atomic E-state index is 11.5. The maximum Gasteiger partial charge on any atom is 0.212 e. The lowest BCUT2D eigenvalue weighted by atomic mass is 10.1. The van der Waals surface area contributed by atoms with Crippen LogP contribution in [0.2, 0.25) is 0 Å². The van der Waals surface area contributed by atoms with Crippen molar-refractivity contribution in [2.45, 2.75) is 19.9 Å². The molecule has 0 amide bonds. The first-order chi connectivity index (χ1) is 8.85. The summed E-state index contributed by atoms with van der Waals surface area (Å²) >= 11 is 6.91. The highest BCUT2D eigenvalue weighted by Crippen LogP contribution is 2.26. The summed E-state index contributed by atoms with van der Waals surface area (Å²) in [7, 11) is -3.16. The van der Waals surface area contributed by atoms with Crippen LogP contribution in [0.1, 0.15) is 25.5 Å². The molecule has 7 heteroatoms. The summed E-state index contributed by atoms with van der Waals surface area (Å²) in [4.78, 5) is 0. The van der Waals surface area contributed by atoms with Gasteiger partial charge in [-0.1, -0.05) is 44.8 Å². The SMILES string of the molecule is CCNS(=O)(=O)CCNC(C)c1ccc(Br)cc1Br. The zero-order valence-corrected chi connectivity index (χ0v) is 14.9. The first kappa shape index (κ1) is 17.1. The zero-order valence-electron chi connectivity index (χ0n) is 10.9. The Kier molecular flexibility index (Phi) is 6.96. The zero-order chi connectivity index (χ0) is 14.5. The van der Waals surface area contributed by atoms with Gasteiger partial charge in [-0.2, -0.15) is 0 Å². The van der Waals surface area contributed by atoms with Crippen LogP contribution in [0.4, 0.5) is 0 Å².